The summed E-state index contributed by atoms with van der Waals surface area (Å²) in [5, 5.41) is 11.6. The molecule has 1 aromatic heterocycles. The van der Waals surface area contributed by atoms with Gasteiger partial charge in [0.05, 0.1) is 28.9 Å². The minimum Gasteiger partial charge on any atom is -0.507 e. The number of carbonyl (C=O) groups excluding carboxylic acids is 2. The molecule has 4 aromatic rings. The fourth-order valence-corrected chi connectivity index (χ4v) is 5.22. The number of aliphatic hydroxyl groups excluding tert-OH is 1. The second kappa shape index (κ2) is 8.76. The molecule has 1 atom stereocenters. The van der Waals surface area contributed by atoms with E-state index in [1.54, 1.807) is 55.6 Å². The molecule has 1 N–H and O–H groups in total. The summed E-state index contributed by atoms with van der Waals surface area (Å²) in [6.45, 7) is 2.08. The summed E-state index contributed by atoms with van der Waals surface area (Å²) in [7, 11) is 1.57. The second-order valence-electron chi connectivity index (χ2n) is 7.96. The van der Waals surface area contributed by atoms with Crippen LogP contribution in [-0.2, 0) is 16.0 Å². The second-order valence-corrected chi connectivity index (χ2v) is 8.97. The average Bonchev–Trinajstić information content (AvgIpc) is 3.41. The van der Waals surface area contributed by atoms with Crippen molar-refractivity contribution in [1.82, 2.24) is 4.98 Å². The van der Waals surface area contributed by atoms with Crippen molar-refractivity contribution < 1.29 is 19.4 Å². The number of aromatic nitrogens is 1. The zero-order valence-electron chi connectivity index (χ0n) is 18.7. The van der Waals surface area contributed by atoms with Gasteiger partial charge < -0.3 is 9.84 Å². The van der Waals surface area contributed by atoms with Crippen LogP contribution < -0.4 is 9.64 Å². The van der Waals surface area contributed by atoms with E-state index in [4.69, 9.17) is 4.74 Å². The number of aryl methyl sites for hydroxylation is 1. The van der Waals surface area contributed by atoms with Gasteiger partial charge in [-0.25, -0.2) is 4.98 Å². The van der Waals surface area contributed by atoms with Crippen molar-refractivity contribution in [3.05, 3.63) is 95.1 Å². The molecule has 0 saturated carbocycles. The maximum Gasteiger partial charge on any atom is 0.301 e. The zero-order chi connectivity index (χ0) is 23.8. The molecule has 1 fully saturated rings. The van der Waals surface area contributed by atoms with Crippen molar-refractivity contribution in [2.75, 3.05) is 12.0 Å². The summed E-state index contributed by atoms with van der Waals surface area (Å²) in [6.07, 6.45) is 0.886. The topological polar surface area (TPSA) is 79.7 Å². The molecule has 0 aliphatic carbocycles. The van der Waals surface area contributed by atoms with Gasteiger partial charge in [-0.2, -0.15) is 0 Å². The summed E-state index contributed by atoms with van der Waals surface area (Å²) < 4.78 is 6.21. The lowest BCUT2D eigenvalue weighted by molar-refractivity contribution is -0.132. The van der Waals surface area contributed by atoms with Crippen LogP contribution in [0.3, 0.4) is 0 Å². The van der Waals surface area contributed by atoms with Gasteiger partial charge in [0, 0.05) is 5.56 Å². The first-order chi connectivity index (χ1) is 16.5. The van der Waals surface area contributed by atoms with E-state index in [1.165, 1.54) is 21.8 Å². The van der Waals surface area contributed by atoms with Crippen LogP contribution in [0.4, 0.5) is 5.13 Å². The van der Waals surface area contributed by atoms with Gasteiger partial charge in [-0.05, 0) is 41.8 Å². The van der Waals surface area contributed by atoms with Crippen LogP contribution in [0.25, 0.3) is 16.0 Å². The highest BCUT2D eigenvalue weighted by atomic mass is 32.1. The Bertz CT molecular complexity index is 1420. The van der Waals surface area contributed by atoms with Crippen LogP contribution in [0.1, 0.15) is 29.7 Å². The fourth-order valence-electron chi connectivity index (χ4n) is 4.16. The fraction of sp³-hybridized carbons (Fsp3) is 0.148. The lowest BCUT2D eigenvalue weighted by Gasteiger charge is -2.23. The van der Waals surface area contributed by atoms with Crippen molar-refractivity contribution in [3.63, 3.8) is 0 Å². The van der Waals surface area contributed by atoms with Gasteiger partial charge in [-0.1, -0.05) is 66.8 Å². The van der Waals surface area contributed by atoms with Crippen LogP contribution >= 0.6 is 11.3 Å². The average molecular weight is 471 g/mol. The van der Waals surface area contributed by atoms with Gasteiger partial charge in [0.2, 0.25) is 0 Å². The van der Waals surface area contributed by atoms with E-state index in [-0.39, 0.29) is 11.3 Å². The molecule has 1 aliphatic heterocycles. The number of hydrogen-bond donors (Lipinski definition) is 1. The Labute approximate surface area is 200 Å². The van der Waals surface area contributed by atoms with Crippen molar-refractivity contribution in [2.45, 2.75) is 19.4 Å². The highest BCUT2D eigenvalue weighted by Crippen LogP contribution is 2.44. The molecular weight excluding hydrogens is 448 g/mol. The number of nitrogens with zero attached hydrogens (tertiary/aromatic N) is 2. The molecule has 0 unspecified atom stereocenters. The number of benzene rings is 3. The highest BCUT2D eigenvalue weighted by molar-refractivity contribution is 7.22. The van der Waals surface area contributed by atoms with E-state index in [1.807, 2.05) is 18.2 Å². The largest absolute Gasteiger partial charge is 0.507 e. The number of amides is 1. The number of methoxy groups -OCH3 is 1. The zero-order valence-corrected chi connectivity index (χ0v) is 19.5. The number of rotatable bonds is 5. The number of fused-ring (bicyclic) bond motifs is 1. The molecule has 6 nitrogen and oxygen atoms in total. The number of carbonyl (C=O) groups is 2. The van der Waals surface area contributed by atoms with Crippen LogP contribution in [0, 0.1) is 0 Å². The Balaban J connectivity index is 1.71. The first kappa shape index (κ1) is 21.9. The predicted molar refractivity (Wildman–Crippen MR) is 133 cm³/mol. The van der Waals surface area contributed by atoms with E-state index in [0.717, 1.165) is 16.6 Å². The van der Waals surface area contributed by atoms with Crippen molar-refractivity contribution in [3.8, 4) is 5.75 Å². The first-order valence-electron chi connectivity index (χ1n) is 10.9. The molecule has 0 bridgehead atoms. The van der Waals surface area contributed by atoms with Gasteiger partial charge in [0.25, 0.3) is 5.78 Å². The third kappa shape index (κ3) is 3.64. The maximum atomic E-state index is 13.3. The van der Waals surface area contributed by atoms with Gasteiger partial charge in [0.15, 0.2) is 5.13 Å². The number of hydrogen-bond acceptors (Lipinski definition) is 6. The summed E-state index contributed by atoms with van der Waals surface area (Å²) in [5.41, 5.74) is 3.10. The molecule has 0 radical (unpaired) electrons. The van der Waals surface area contributed by atoms with E-state index in [9.17, 15) is 14.7 Å². The van der Waals surface area contributed by atoms with Crippen LogP contribution in [0.5, 0.6) is 5.75 Å². The van der Waals surface area contributed by atoms with Gasteiger partial charge in [0.1, 0.15) is 11.5 Å². The Kier molecular flexibility index (Phi) is 5.63. The molecule has 1 amide bonds. The van der Waals surface area contributed by atoms with Crippen molar-refractivity contribution in [2.24, 2.45) is 0 Å². The van der Waals surface area contributed by atoms with E-state index < -0.39 is 17.7 Å². The van der Waals surface area contributed by atoms with E-state index in [0.29, 0.717) is 22.0 Å². The molecule has 5 rings (SSSR count). The molecule has 3 aromatic carbocycles. The number of Topliss-reactive ketones (excluding diaryl/α,β-unsaturated/α-hetero) is 1. The molecular formula is C27H22N2O4S. The Morgan fingerprint density at radius 2 is 1.79 bits per heavy atom. The van der Waals surface area contributed by atoms with E-state index in [2.05, 4.69) is 18.0 Å². The number of aliphatic hydroxyl groups is 1. The van der Waals surface area contributed by atoms with Gasteiger partial charge >= 0.3 is 5.91 Å². The Morgan fingerprint density at radius 3 is 2.47 bits per heavy atom. The van der Waals surface area contributed by atoms with Crippen molar-refractivity contribution in [1.29, 1.82) is 0 Å². The third-order valence-corrected chi connectivity index (χ3v) is 7.00. The number of ether oxygens (including phenoxy) is 1. The monoisotopic (exact) mass is 470 g/mol. The standard InChI is InChI=1S/C27H22N2O4S/c1-3-16-9-14-20-21(15-16)34-27(28-20)29-23(17-10-12-19(33-2)13-11-17)22(25(31)26(29)32)24(30)18-7-5-4-6-8-18/h4-15,23,30H,3H2,1-2H3/t23-/m0/s1. The summed E-state index contributed by atoms with van der Waals surface area (Å²) in [5.74, 6) is -1.02. The Hall–Kier alpha value is -3.97. The van der Waals surface area contributed by atoms with Crippen LogP contribution in [0.2, 0.25) is 0 Å². The quantitative estimate of drug-likeness (QED) is 0.237. The normalized spacial score (nSPS) is 17.5. The minimum absolute atomic E-state index is 0.0369. The highest BCUT2D eigenvalue weighted by Gasteiger charge is 2.48. The predicted octanol–water partition coefficient (Wildman–Crippen LogP) is 5.49. The van der Waals surface area contributed by atoms with Gasteiger partial charge in [-0.15, -0.1) is 0 Å². The number of ketones is 1. The molecule has 7 heteroatoms. The van der Waals surface area contributed by atoms with E-state index >= 15 is 0 Å². The van der Waals surface area contributed by atoms with Gasteiger partial charge in [-0.3, -0.25) is 14.5 Å². The minimum atomic E-state index is -0.822. The lowest BCUT2D eigenvalue weighted by Crippen LogP contribution is -2.29. The molecule has 0 spiro atoms. The number of anilines is 1. The molecule has 34 heavy (non-hydrogen) atoms. The Morgan fingerprint density at radius 1 is 1.06 bits per heavy atom. The smallest absolute Gasteiger partial charge is 0.301 e. The summed E-state index contributed by atoms with van der Waals surface area (Å²) in [6, 6.07) is 21.1. The van der Waals surface area contributed by atoms with Crippen LogP contribution in [0.15, 0.2) is 78.4 Å². The first-order valence-corrected chi connectivity index (χ1v) is 11.7. The van der Waals surface area contributed by atoms with Crippen molar-refractivity contribution >= 4 is 44.1 Å². The SMILES string of the molecule is CCc1ccc2nc(N3C(=O)C(=O)C(=C(O)c4ccccc4)[C@@H]3c3ccc(OC)cc3)sc2c1. The molecule has 2 heterocycles. The number of thiazole rings is 1. The molecule has 1 aliphatic rings. The molecule has 1 saturated heterocycles. The maximum absolute atomic E-state index is 13.3. The lowest BCUT2D eigenvalue weighted by atomic mass is 9.95. The molecule has 170 valence electrons. The third-order valence-electron chi connectivity index (χ3n) is 5.98. The summed E-state index contributed by atoms with van der Waals surface area (Å²) in [4.78, 5) is 32.7. The summed E-state index contributed by atoms with van der Waals surface area (Å²) >= 11 is 1.36. The van der Waals surface area contributed by atoms with Crippen LogP contribution in [-0.4, -0.2) is 28.9 Å².